The molecule has 1 aliphatic carbocycles. The van der Waals surface area contributed by atoms with Crippen LogP contribution in [0, 0.1) is 5.92 Å². The molecule has 2 aromatic rings. The molecule has 0 aliphatic heterocycles. The Hall–Kier alpha value is -1.54. The van der Waals surface area contributed by atoms with Gasteiger partial charge in [-0.1, -0.05) is 49.2 Å². The summed E-state index contributed by atoms with van der Waals surface area (Å²) in [7, 11) is 0. The number of nitrogens with two attached hydrogens (primary N) is 1. The van der Waals surface area contributed by atoms with Gasteiger partial charge in [-0.05, 0) is 24.6 Å². The number of ether oxygens (including phenoxy) is 1. The molecule has 0 unspecified atom stereocenters. The van der Waals surface area contributed by atoms with Crippen molar-refractivity contribution in [1.82, 2.24) is 0 Å². The molecule has 0 radical (unpaired) electrons. The lowest BCUT2D eigenvalue weighted by atomic mass is 10.0. The highest BCUT2D eigenvalue weighted by atomic mass is 16.5. The van der Waals surface area contributed by atoms with E-state index in [1.807, 2.05) is 6.92 Å². The van der Waals surface area contributed by atoms with Crippen LogP contribution < -0.4 is 10.5 Å². The van der Waals surface area contributed by atoms with Crippen LogP contribution in [0.15, 0.2) is 36.4 Å². The molecular formula is C17H21NO. The second kappa shape index (κ2) is 5.22. The van der Waals surface area contributed by atoms with Gasteiger partial charge in [0.1, 0.15) is 5.75 Å². The Labute approximate surface area is 114 Å². The summed E-state index contributed by atoms with van der Waals surface area (Å²) in [6.45, 7) is 2.82. The highest BCUT2D eigenvalue weighted by molar-refractivity contribution is 5.89. The van der Waals surface area contributed by atoms with E-state index < -0.39 is 0 Å². The quantitative estimate of drug-likeness (QED) is 0.875. The number of fused-ring (bicyclic) bond motifs is 1. The maximum atomic E-state index is 6.08. The highest BCUT2D eigenvalue weighted by Crippen LogP contribution is 2.35. The van der Waals surface area contributed by atoms with Crippen LogP contribution in [0.25, 0.3) is 10.8 Å². The number of rotatable bonds is 5. The van der Waals surface area contributed by atoms with Gasteiger partial charge in [-0.25, -0.2) is 0 Å². The summed E-state index contributed by atoms with van der Waals surface area (Å²) in [5.41, 5.74) is 7.18. The van der Waals surface area contributed by atoms with E-state index in [2.05, 4.69) is 36.4 Å². The van der Waals surface area contributed by atoms with Crippen molar-refractivity contribution in [3.05, 3.63) is 42.0 Å². The van der Waals surface area contributed by atoms with Gasteiger partial charge in [0.2, 0.25) is 0 Å². The summed E-state index contributed by atoms with van der Waals surface area (Å²) in [5.74, 6) is 1.88. The molecule has 1 aliphatic rings. The maximum absolute atomic E-state index is 6.08. The molecule has 2 N–H and O–H groups in total. The summed E-state index contributed by atoms with van der Waals surface area (Å²) >= 11 is 0. The van der Waals surface area contributed by atoms with Crippen molar-refractivity contribution < 1.29 is 4.74 Å². The Morgan fingerprint density at radius 3 is 2.74 bits per heavy atom. The molecule has 19 heavy (non-hydrogen) atoms. The third-order valence-electron chi connectivity index (χ3n) is 3.87. The fraction of sp³-hybridized carbons (Fsp3) is 0.412. The fourth-order valence-corrected chi connectivity index (χ4v) is 2.51. The summed E-state index contributed by atoms with van der Waals surface area (Å²) < 4.78 is 6.08. The minimum Gasteiger partial charge on any atom is -0.493 e. The monoisotopic (exact) mass is 255 g/mol. The SMILES string of the molecule is C[C@H](N)c1ccc2ccccc2c1OCCC1CC1. The van der Waals surface area contributed by atoms with Gasteiger partial charge in [0.05, 0.1) is 6.61 Å². The van der Waals surface area contributed by atoms with Crippen molar-refractivity contribution >= 4 is 10.8 Å². The summed E-state index contributed by atoms with van der Waals surface area (Å²) in [6.07, 6.45) is 3.92. The summed E-state index contributed by atoms with van der Waals surface area (Å²) in [6, 6.07) is 12.6. The Morgan fingerprint density at radius 1 is 1.21 bits per heavy atom. The zero-order valence-corrected chi connectivity index (χ0v) is 11.4. The average Bonchev–Trinajstić information content (AvgIpc) is 3.22. The Kier molecular flexibility index (Phi) is 3.43. The van der Waals surface area contributed by atoms with Crippen LogP contribution in [0.2, 0.25) is 0 Å². The van der Waals surface area contributed by atoms with E-state index in [4.69, 9.17) is 10.5 Å². The third-order valence-corrected chi connectivity index (χ3v) is 3.87. The number of hydrogen-bond acceptors (Lipinski definition) is 2. The molecule has 0 bridgehead atoms. The molecule has 2 heteroatoms. The second-order valence-electron chi connectivity index (χ2n) is 5.57. The number of hydrogen-bond donors (Lipinski definition) is 1. The van der Waals surface area contributed by atoms with Gasteiger partial charge in [-0.3, -0.25) is 0 Å². The molecule has 100 valence electrons. The van der Waals surface area contributed by atoms with E-state index in [0.717, 1.165) is 23.8 Å². The first-order chi connectivity index (χ1) is 9.25. The van der Waals surface area contributed by atoms with E-state index in [1.165, 1.54) is 30.0 Å². The van der Waals surface area contributed by atoms with E-state index in [1.54, 1.807) is 0 Å². The van der Waals surface area contributed by atoms with Crippen molar-refractivity contribution in [2.24, 2.45) is 11.7 Å². The average molecular weight is 255 g/mol. The van der Waals surface area contributed by atoms with Crippen LogP contribution in [0.3, 0.4) is 0 Å². The van der Waals surface area contributed by atoms with Gasteiger partial charge in [0.15, 0.2) is 0 Å². The molecule has 0 saturated heterocycles. The fourth-order valence-electron chi connectivity index (χ4n) is 2.51. The van der Waals surface area contributed by atoms with E-state index in [-0.39, 0.29) is 6.04 Å². The van der Waals surface area contributed by atoms with Crippen LogP contribution >= 0.6 is 0 Å². The zero-order valence-electron chi connectivity index (χ0n) is 11.4. The molecule has 1 fully saturated rings. The van der Waals surface area contributed by atoms with Gasteiger partial charge in [0.25, 0.3) is 0 Å². The Bertz CT molecular complexity index is 572. The number of benzene rings is 2. The summed E-state index contributed by atoms with van der Waals surface area (Å²) in [5, 5.41) is 2.39. The van der Waals surface area contributed by atoms with Crippen molar-refractivity contribution in [3.8, 4) is 5.75 Å². The zero-order chi connectivity index (χ0) is 13.2. The molecular weight excluding hydrogens is 234 g/mol. The minimum absolute atomic E-state index is 0.000492. The second-order valence-corrected chi connectivity index (χ2v) is 5.57. The predicted molar refractivity (Wildman–Crippen MR) is 79.4 cm³/mol. The van der Waals surface area contributed by atoms with Gasteiger partial charge < -0.3 is 10.5 Å². The van der Waals surface area contributed by atoms with Gasteiger partial charge in [0, 0.05) is 17.0 Å². The molecule has 0 amide bonds. The van der Waals surface area contributed by atoms with Crippen LogP contribution in [0.1, 0.15) is 37.8 Å². The Morgan fingerprint density at radius 2 is 2.00 bits per heavy atom. The molecule has 3 rings (SSSR count). The van der Waals surface area contributed by atoms with Gasteiger partial charge in [-0.2, -0.15) is 0 Å². The normalized spacial score (nSPS) is 16.5. The maximum Gasteiger partial charge on any atom is 0.131 e. The van der Waals surface area contributed by atoms with Crippen LogP contribution in [0.4, 0.5) is 0 Å². The van der Waals surface area contributed by atoms with Crippen molar-refractivity contribution in [2.45, 2.75) is 32.2 Å². The minimum atomic E-state index is 0.000492. The first-order valence-corrected chi connectivity index (χ1v) is 7.15. The largest absolute Gasteiger partial charge is 0.493 e. The molecule has 1 saturated carbocycles. The van der Waals surface area contributed by atoms with Crippen LogP contribution in [0.5, 0.6) is 5.75 Å². The molecule has 0 aromatic heterocycles. The molecule has 2 aromatic carbocycles. The molecule has 0 heterocycles. The van der Waals surface area contributed by atoms with Crippen LogP contribution in [-0.2, 0) is 0 Å². The van der Waals surface area contributed by atoms with Gasteiger partial charge >= 0.3 is 0 Å². The smallest absolute Gasteiger partial charge is 0.131 e. The Balaban J connectivity index is 1.93. The molecule has 1 atom stereocenters. The van der Waals surface area contributed by atoms with E-state index >= 15 is 0 Å². The van der Waals surface area contributed by atoms with E-state index in [9.17, 15) is 0 Å². The highest BCUT2D eigenvalue weighted by Gasteiger charge is 2.21. The van der Waals surface area contributed by atoms with Crippen molar-refractivity contribution in [1.29, 1.82) is 0 Å². The topological polar surface area (TPSA) is 35.2 Å². The lowest BCUT2D eigenvalue weighted by Gasteiger charge is -2.16. The van der Waals surface area contributed by atoms with Crippen molar-refractivity contribution in [3.63, 3.8) is 0 Å². The van der Waals surface area contributed by atoms with Gasteiger partial charge in [-0.15, -0.1) is 0 Å². The molecule has 2 nitrogen and oxygen atoms in total. The first kappa shape index (κ1) is 12.5. The van der Waals surface area contributed by atoms with Crippen molar-refractivity contribution in [2.75, 3.05) is 6.61 Å². The van der Waals surface area contributed by atoms with Crippen LogP contribution in [-0.4, -0.2) is 6.61 Å². The lowest BCUT2D eigenvalue weighted by molar-refractivity contribution is 0.302. The summed E-state index contributed by atoms with van der Waals surface area (Å²) in [4.78, 5) is 0. The molecule has 0 spiro atoms. The lowest BCUT2D eigenvalue weighted by Crippen LogP contribution is -2.09. The standard InChI is InChI=1S/C17H21NO/c1-12(18)15-9-8-14-4-2-3-5-16(14)17(15)19-11-10-13-6-7-13/h2-5,8-9,12-13H,6-7,10-11,18H2,1H3/t12-/m0/s1. The van der Waals surface area contributed by atoms with E-state index in [0.29, 0.717) is 0 Å². The predicted octanol–water partition coefficient (Wildman–Crippen LogP) is 4.04. The first-order valence-electron chi connectivity index (χ1n) is 7.15. The third kappa shape index (κ3) is 2.74.